The van der Waals surface area contributed by atoms with Gasteiger partial charge in [-0.2, -0.15) is 0 Å². The van der Waals surface area contributed by atoms with Gasteiger partial charge in [0.05, 0.1) is 0 Å². The van der Waals surface area contributed by atoms with Gasteiger partial charge in [0.15, 0.2) is 0 Å². The summed E-state index contributed by atoms with van der Waals surface area (Å²) in [6, 6.07) is 0. The second-order valence-corrected chi connectivity index (χ2v) is 11.0. The number of hydrogen-bond acceptors (Lipinski definition) is 5. The van der Waals surface area contributed by atoms with Gasteiger partial charge in [0.1, 0.15) is 0 Å². The molecule has 1 aliphatic heterocycles. The van der Waals surface area contributed by atoms with Crippen molar-refractivity contribution in [2.45, 2.75) is 36.6 Å². The van der Waals surface area contributed by atoms with Gasteiger partial charge < -0.3 is 0 Å². The van der Waals surface area contributed by atoms with E-state index in [4.69, 9.17) is 4.52 Å². The summed E-state index contributed by atoms with van der Waals surface area (Å²) < 4.78 is 38.6. The Labute approximate surface area is 106 Å². The number of rotatable bonds is 5. The summed E-state index contributed by atoms with van der Waals surface area (Å²) in [6.07, 6.45) is 1.86. The van der Waals surface area contributed by atoms with Gasteiger partial charge in [-0.15, -0.1) is 0 Å². The van der Waals surface area contributed by atoms with E-state index in [1.807, 2.05) is 6.92 Å². The monoisotopic (exact) mass is 320 g/mol. The Balaban J connectivity index is 2.12. The first-order valence-corrected chi connectivity index (χ1v) is 10.5. The van der Waals surface area contributed by atoms with Crippen LogP contribution in [-0.2, 0) is 16.5 Å². The summed E-state index contributed by atoms with van der Waals surface area (Å²) in [7, 11) is -4.09. The van der Waals surface area contributed by atoms with Gasteiger partial charge in [-0.05, 0) is 0 Å². The Morgan fingerprint density at radius 2 is 2.29 bits per heavy atom. The molecule has 96 valence electrons. The van der Waals surface area contributed by atoms with E-state index in [-0.39, 0.29) is 10.5 Å². The normalized spacial score (nSPS) is 23.9. The molecule has 1 saturated heterocycles. The van der Waals surface area contributed by atoms with Crippen molar-refractivity contribution < 1.29 is 17.5 Å². The molecule has 2 atom stereocenters. The minimum atomic E-state index is -4.09. The molecule has 1 aromatic rings. The van der Waals surface area contributed by atoms with Gasteiger partial charge in [0.2, 0.25) is 0 Å². The zero-order valence-electron chi connectivity index (χ0n) is 9.84. The van der Waals surface area contributed by atoms with Crippen molar-refractivity contribution in [2.75, 3.05) is 5.75 Å². The molecule has 7 heteroatoms. The first kappa shape index (κ1) is 13.1. The Kier molecular flexibility index (Phi) is 3.66. The Hall–Kier alpha value is -0.322. The van der Waals surface area contributed by atoms with E-state index < -0.39 is 24.8 Å². The molecule has 0 saturated carbocycles. The fraction of sp³-hybridized carbons (Fsp3) is 0.700. The summed E-state index contributed by atoms with van der Waals surface area (Å²) >= 11 is -1.36. The summed E-state index contributed by atoms with van der Waals surface area (Å²) in [5, 5.41) is 4.93. The van der Waals surface area contributed by atoms with E-state index in [1.165, 1.54) is 4.35 Å². The first-order chi connectivity index (χ1) is 7.92. The number of aryl methyl sites for hydroxylation is 2. The molecule has 0 amide bonds. The van der Waals surface area contributed by atoms with Crippen LogP contribution in [-0.4, -0.2) is 38.5 Å². The van der Waals surface area contributed by atoms with Crippen molar-refractivity contribution in [2.24, 2.45) is 0 Å². The van der Waals surface area contributed by atoms with Gasteiger partial charge in [-0.1, -0.05) is 0 Å². The average molecular weight is 320 g/mol. The molecule has 0 spiro atoms. The molecule has 0 aromatic carbocycles. The van der Waals surface area contributed by atoms with Gasteiger partial charge >= 0.3 is 106 Å². The van der Waals surface area contributed by atoms with Crippen LogP contribution < -0.4 is 4.35 Å². The third-order valence-corrected chi connectivity index (χ3v) is 9.92. The van der Waals surface area contributed by atoms with Crippen LogP contribution in [0.4, 0.5) is 0 Å². The number of hydrogen-bond donors (Lipinski definition) is 0. The molecule has 5 nitrogen and oxygen atoms in total. The van der Waals surface area contributed by atoms with Crippen LogP contribution >= 0.6 is 0 Å². The van der Waals surface area contributed by atoms with Crippen molar-refractivity contribution >= 4 is 29.1 Å². The maximum atomic E-state index is 10.7. The van der Waals surface area contributed by atoms with Crippen molar-refractivity contribution in [3.63, 3.8) is 0 Å². The molecular formula is C10H15AsNO4S-. The van der Waals surface area contributed by atoms with Gasteiger partial charge in [0.25, 0.3) is 0 Å². The molecule has 2 rings (SSSR count). The van der Waals surface area contributed by atoms with E-state index in [2.05, 4.69) is 12.1 Å². The minimum absolute atomic E-state index is 0.0960. The van der Waals surface area contributed by atoms with Crippen LogP contribution in [0.25, 0.3) is 0 Å². The molecule has 2 heterocycles. The fourth-order valence-corrected chi connectivity index (χ4v) is 10.5. The second kappa shape index (κ2) is 4.75. The quantitative estimate of drug-likeness (QED) is 0.585. The van der Waals surface area contributed by atoms with Crippen molar-refractivity contribution in [3.8, 4) is 0 Å². The standard InChI is InChI=1S/C10H16AsNO4S/c1-3-4-9-10(7(2)16-12-9)11-5-8(11)6-17(13,14)15/h8H,3-6H2,1-2H3,(H,13,14,15)/p-1. The van der Waals surface area contributed by atoms with Crippen LogP contribution in [0, 0.1) is 6.92 Å². The zero-order chi connectivity index (χ0) is 12.6. The molecule has 0 aliphatic carbocycles. The molecule has 17 heavy (non-hydrogen) atoms. The molecule has 0 bridgehead atoms. The summed E-state index contributed by atoms with van der Waals surface area (Å²) in [4.78, 5) is 0. The van der Waals surface area contributed by atoms with E-state index in [1.54, 1.807) is 0 Å². The van der Waals surface area contributed by atoms with E-state index in [0.717, 1.165) is 29.5 Å². The Morgan fingerprint density at radius 3 is 2.88 bits per heavy atom. The van der Waals surface area contributed by atoms with Crippen LogP contribution in [0.15, 0.2) is 4.52 Å². The maximum absolute atomic E-state index is 10.7. The first-order valence-electron chi connectivity index (χ1n) is 5.57. The van der Waals surface area contributed by atoms with E-state index in [9.17, 15) is 13.0 Å². The van der Waals surface area contributed by atoms with Gasteiger partial charge in [0, 0.05) is 0 Å². The van der Waals surface area contributed by atoms with Crippen LogP contribution in [0.5, 0.6) is 0 Å². The third kappa shape index (κ3) is 3.12. The molecule has 1 aromatic heterocycles. The van der Waals surface area contributed by atoms with Crippen molar-refractivity contribution in [1.82, 2.24) is 5.16 Å². The summed E-state index contributed by atoms with van der Waals surface area (Å²) in [5.41, 5.74) is 0.982. The Morgan fingerprint density at radius 1 is 1.59 bits per heavy atom. The SMILES string of the molecule is CCCc1noc(C)c1[As]1CC1CS(=O)(=O)[O-]. The van der Waals surface area contributed by atoms with Gasteiger partial charge in [-0.25, -0.2) is 0 Å². The summed E-state index contributed by atoms with van der Waals surface area (Å²) in [5.74, 6) is 0.614. The van der Waals surface area contributed by atoms with Crippen molar-refractivity contribution in [1.29, 1.82) is 0 Å². The predicted molar refractivity (Wildman–Crippen MR) is 63.7 cm³/mol. The van der Waals surface area contributed by atoms with Crippen LogP contribution in [0.1, 0.15) is 24.8 Å². The molecule has 0 N–H and O–H groups in total. The molecular weight excluding hydrogens is 305 g/mol. The van der Waals surface area contributed by atoms with Gasteiger partial charge in [-0.3, -0.25) is 0 Å². The number of aromatic nitrogens is 1. The average Bonchev–Trinajstić information content (AvgIpc) is 2.81. The Bertz CT molecular complexity index is 510. The number of nitrogens with zero attached hydrogens (tertiary/aromatic N) is 1. The van der Waals surface area contributed by atoms with E-state index >= 15 is 0 Å². The zero-order valence-corrected chi connectivity index (χ0v) is 12.5. The predicted octanol–water partition coefficient (Wildman–Crippen LogP) is 0.566. The van der Waals surface area contributed by atoms with Crippen molar-refractivity contribution in [3.05, 3.63) is 11.5 Å². The fourth-order valence-electron chi connectivity index (χ4n) is 2.01. The third-order valence-electron chi connectivity index (χ3n) is 2.78. The summed E-state index contributed by atoms with van der Waals surface area (Å²) in [6.45, 7) is 3.94. The van der Waals surface area contributed by atoms with Crippen LogP contribution in [0.3, 0.4) is 0 Å². The molecule has 1 fully saturated rings. The molecule has 2 unspecified atom stereocenters. The molecule has 0 radical (unpaired) electrons. The second-order valence-electron chi connectivity index (χ2n) is 4.31. The molecule has 1 aliphatic rings. The topological polar surface area (TPSA) is 83.2 Å². The van der Waals surface area contributed by atoms with E-state index in [0.29, 0.717) is 0 Å². The van der Waals surface area contributed by atoms with Crippen LogP contribution in [0.2, 0.25) is 9.91 Å².